The van der Waals surface area contributed by atoms with Gasteiger partial charge in [0.2, 0.25) is 5.91 Å². The molecule has 2 aromatic carbocycles. The maximum atomic E-state index is 14.9. The summed E-state index contributed by atoms with van der Waals surface area (Å²) < 4.78 is 29.8. The van der Waals surface area contributed by atoms with Crippen LogP contribution in [0.3, 0.4) is 0 Å². The third-order valence-corrected chi connectivity index (χ3v) is 5.51. The van der Waals surface area contributed by atoms with Gasteiger partial charge in [-0.05, 0) is 31.2 Å². The van der Waals surface area contributed by atoms with Crippen LogP contribution in [0.4, 0.5) is 19.3 Å². The first kappa shape index (κ1) is 21.1. The fraction of sp³-hybridized carbons (Fsp3) is 0.167. The number of hydrogen-bond acceptors (Lipinski definition) is 4. The van der Waals surface area contributed by atoms with Gasteiger partial charge in [0.25, 0.3) is 0 Å². The molecule has 0 saturated carbocycles. The summed E-state index contributed by atoms with van der Waals surface area (Å²) in [5, 5.41) is 0. The summed E-state index contributed by atoms with van der Waals surface area (Å²) in [5.41, 5.74) is -0.464. The molecule has 1 aromatic heterocycles. The molecule has 6 nitrogen and oxygen atoms in total. The molecule has 0 unspecified atom stereocenters. The maximum Gasteiger partial charge on any atom is 0.332 e. The number of hydrogen-bond donors (Lipinski definition) is 0. The van der Waals surface area contributed by atoms with Gasteiger partial charge in [-0.1, -0.05) is 30.0 Å². The van der Waals surface area contributed by atoms with Gasteiger partial charge in [-0.25, -0.2) is 28.4 Å². The second-order valence-corrected chi connectivity index (χ2v) is 7.55. The number of carbonyl (C=O) groups is 2. The Morgan fingerprint density at radius 1 is 0.969 bits per heavy atom. The van der Waals surface area contributed by atoms with Crippen molar-refractivity contribution in [2.24, 2.45) is 0 Å². The van der Waals surface area contributed by atoms with Gasteiger partial charge in [0.15, 0.2) is 11.6 Å². The van der Waals surface area contributed by atoms with E-state index in [1.54, 1.807) is 31.2 Å². The Balaban J connectivity index is 1.68. The lowest BCUT2D eigenvalue weighted by Crippen LogP contribution is -2.60. The van der Waals surface area contributed by atoms with Crippen LogP contribution in [-0.2, 0) is 10.3 Å². The lowest BCUT2D eigenvalue weighted by atomic mass is 9.86. The van der Waals surface area contributed by atoms with Gasteiger partial charge in [-0.3, -0.25) is 4.79 Å². The molecule has 1 aliphatic rings. The second-order valence-electron chi connectivity index (χ2n) is 7.55. The average molecular weight is 432 g/mol. The molecule has 4 rings (SSSR count). The largest absolute Gasteiger partial charge is 0.332 e. The van der Waals surface area contributed by atoms with Crippen LogP contribution in [0.5, 0.6) is 0 Å². The molecule has 0 spiro atoms. The maximum absolute atomic E-state index is 14.9. The van der Waals surface area contributed by atoms with Gasteiger partial charge in [0.1, 0.15) is 12.0 Å². The van der Waals surface area contributed by atoms with Crippen molar-refractivity contribution in [2.45, 2.75) is 18.9 Å². The van der Waals surface area contributed by atoms with Gasteiger partial charge < -0.3 is 4.90 Å². The van der Waals surface area contributed by atoms with Crippen molar-refractivity contribution in [2.75, 3.05) is 11.9 Å². The van der Waals surface area contributed by atoms with E-state index in [-0.39, 0.29) is 12.0 Å². The summed E-state index contributed by atoms with van der Waals surface area (Å²) in [4.78, 5) is 35.6. The molecule has 32 heavy (non-hydrogen) atoms. The van der Waals surface area contributed by atoms with Gasteiger partial charge in [-0.2, -0.15) is 0 Å². The third-order valence-electron chi connectivity index (χ3n) is 5.51. The predicted molar refractivity (Wildman–Crippen MR) is 113 cm³/mol. The topological polar surface area (TPSA) is 66.4 Å². The molecule has 3 aromatic rings. The van der Waals surface area contributed by atoms with E-state index in [4.69, 9.17) is 0 Å². The van der Waals surface area contributed by atoms with Crippen LogP contribution in [0.1, 0.15) is 30.0 Å². The smallest absolute Gasteiger partial charge is 0.317 e. The first-order valence-electron chi connectivity index (χ1n) is 9.73. The minimum atomic E-state index is -1.06. The number of halogens is 2. The van der Waals surface area contributed by atoms with E-state index in [2.05, 4.69) is 21.8 Å². The molecule has 0 bridgehead atoms. The first-order valence-corrected chi connectivity index (χ1v) is 9.73. The highest BCUT2D eigenvalue weighted by Gasteiger charge is 2.48. The number of benzene rings is 2. The van der Waals surface area contributed by atoms with Crippen molar-refractivity contribution < 1.29 is 18.4 Å². The van der Waals surface area contributed by atoms with E-state index < -0.39 is 34.8 Å². The molecule has 160 valence electrons. The van der Waals surface area contributed by atoms with Crippen LogP contribution >= 0.6 is 0 Å². The lowest BCUT2D eigenvalue weighted by Gasteiger charge is -2.45. The standard InChI is InChI=1S/C24H18F2N4O2/c1-24(18-13-27-15-28-14-18)12-21(31)30(23(32)29(24)2)22-19(25)10-17(11-20(22)26)9-8-16-6-4-3-5-7-16/h3-7,10-11,13-15H,12H2,1-2H3/t24-/m0/s1. The number of urea groups is 1. The first-order chi connectivity index (χ1) is 15.3. The highest BCUT2D eigenvalue weighted by Crippen LogP contribution is 2.38. The summed E-state index contributed by atoms with van der Waals surface area (Å²) in [6.07, 6.45) is 4.14. The molecule has 2 heterocycles. The number of amides is 3. The average Bonchev–Trinajstić information content (AvgIpc) is 2.79. The van der Waals surface area contributed by atoms with Gasteiger partial charge in [-0.15, -0.1) is 0 Å². The van der Waals surface area contributed by atoms with Gasteiger partial charge in [0.05, 0.1) is 12.0 Å². The monoisotopic (exact) mass is 432 g/mol. The van der Waals surface area contributed by atoms with E-state index in [0.717, 1.165) is 12.1 Å². The quantitative estimate of drug-likeness (QED) is 0.577. The number of nitrogens with zero attached hydrogens (tertiary/aromatic N) is 4. The number of carbonyl (C=O) groups excluding carboxylic acids is 2. The zero-order valence-corrected chi connectivity index (χ0v) is 17.3. The summed E-state index contributed by atoms with van der Waals surface area (Å²) in [6.45, 7) is 1.67. The summed E-state index contributed by atoms with van der Waals surface area (Å²) in [6, 6.07) is 10.1. The van der Waals surface area contributed by atoms with Crippen LogP contribution in [-0.4, -0.2) is 33.9 Å². The van der Waals surface area contributed by atoms with Crippen molar-refractivity contribution in [1.29, 1.82) is 0 Å². The Bertz CT molecular complexity index is 1230. The summed E-state index contributed by atoms with van der Waals surface area (Å²) in [5.74, 6) is 2.67. The zero-order valence-electron chi connectivity index (χ0n) is 17.3. The van der Waals surface area contributed by atoms with E-state index in [1.165, 1.54) is 30.7 Å². The van der Waals surface area contributed by atoms with Crippen molar-refractivity contribution >= 4 is 17.6 Å². The molecule has 8 heteroatoms. The Hall–Kier alpha value is -4.12. The van der Waals surface area contributed by atoms with E-state index in [1.807, 2.05) is 6.07 Å². The molecular weight excluding hydrogens is 414 g/mol. The SMILES string of the molecule is CN1C(=O)N(c2c(F)cc(C#Cc3ccccc3)cc2F)C(=O)C[C@@]1(C)c1cncnc1. The van der Waals surface area contributed by atoms with Crippen LogP contribution in [0.25, 0.3) is 0 Å². The lowest BCUT2D eigenvalue weighted by molar-refractivity contribution is -0.122. The number of imide groups is 1. The Kier molecular flexibility index (Phi) is 5.41. The molecular formula is C24H18F2N4O2. The summed E-state index contributed by atoms with van der Waals surface area (Å²) in [7, 11) is 1.46. The third kappa shape index (κ3) is 3.69. The normalized spacial score (nSPS) is 18.4. The fourth-order valence-corrected chi connectivity index (χ4v) is 3.57. The number of aromatic nitrogens is 2. The fourth-order valence-electron chi connectivity index (χ4n) is 3.57. The highest BCUT2D eigenvalue weighted by molar-refractivity contribution is 6.16. The molecule has 3 amide bonds. The van der Waals surface area contributed by atoms with E-state index >= 15 is 0 Å². The molecule has 0 N–H and O–H groups in total. The minimum absolute atomic E-state index is 0.0872. The van der Waals surface area contributed by atoms with Crippen LogP contribution in [0.15, 0.2) is 61.2 Å². The molecule has 1 aliphatic heterocycles. The minimum Gasteiger partial charge on any atom is -0.317 e. The van der Waals surface area contributed by atoms with Crippen LogP contribution in [0, 0.1) is 23.5 Å². The second kappa shape index (κ2) is 8.19. The Morgan fingerprint density at radius 3 is 2.19 bits per heavy atom. The van der Waals surface area contributed by atoms with Crippen molar-refractivity contribution in [3.63, 3.8) is 0 Å². The summed E-state index contributed by atoms with van der Waals surface area (Å²) >= 11 is 0. The molecule has 0 aliphatic carbocycles. The van der Waals surface area contributed by atoms with Crippen molar-refractivity contribution in [3.8, 4) is 11.8 Å². The molecule has 1 saturated heterocycles. The molecule has 1 atom stereocenters. The van der Waals surface area contributed by atoms with Crippen molar-refractivity contribution in [1.82, 2.24) is 14.9 Å². The van der Waals surface area contributed by atoms with Crippen molar-refractivity contribution in [3.05, 3.63) is 89.5 Å². The van der Waals surface area contributed by atoms with Gasteiger partial charge in [0, 0.05) is 36.1 Å². The highest BCUT2D eigenvalue weighted by atomic mass is 19.1. The number of anilines is 1. The zero-order chi connectivity index (χ0) is 22.9. The van der Waals surface area contributed by atoms with E-state index in [0.29, 0.717) is 16.0 Å². The van der Waals surface area contributed by atoms with Crippen LogP contribution < -0.4 is 4.90 Å². The predicted octanol–water partition coefficient (Wildman–Crippen LogP) is 3.86. The van der Waals surface area contributed by atoms with E-state index in [9.17, 15) is 18.4 Å². The van der Waals surface area contributed by atoms with Crippen LogP contribution in [0.2, 0.25) is 0 Å². The Labute approximate surface area is 183 Å². The van der Waals surface area contributed by atoms with Gasteiger partial charge >= 0.3 is 6.03 Å². The molecule has 1 fully saturated rings. The number of rotatable bonds is 2. The Morgan fingerprint density at radius 2 is 1.56 bits per heavy atom. The molecule has 0 radical (unpaired) electrons.